The number of aromatic amines is 1. The van der Waals surface area contributed by atoms with Gasteiger partial charge in [0.15, 0.2) is 0 Å². The van der Waals surface area contributed by atoms with Gasteiger partial charge in [-0.2, -0.15) is 5.10 Å². The standard InChI is InChI=1S/C25H30FN5O2/c1-4-30-23-12-16(11-21(26)20(23)13-27-30)22-8-7-19(24(32)29-22)15-9-17-5-6-18(10-15)31(17)25(33)28-14(2)3/h7-8,11-15,17-18H,4-6,9-10H2,1-3H3,(H,28,33)(H,29,32). The molecule has 2 aromatic heterocycles. The molecule has 8 heteroatoms. The molecule has 2 fully saturated rings. The molecular formula is C25H30FN5O2. The molecule has 0 saturated carbocycles. The van der Waals surface area contributed by atoms with Crippen molar-refractivity contribution in [3.8, 4) is 11.3 Å². The molecule has 0 spiro atoms. The van der Waals surface area contributed by atoms with E-state index in [1.165, 1.54) is 12.3 Å². The maximum absolute atomic E-state index is 14.6. The predicted molar refractivity (Wildman–Crippen MR) is 126 cm³/mol. The largest absolute Gasteiger partial charge is 0.336 e. The van der Waals surface area contributed by atoms with Crippen LogP contribution in [0.15, 0.2) is 35.3 Å². The number of fused-ring (bicyclic) bond motifs is 3. The van der Waals surface area contributed by atoms with Crippen molar-refractivity contribution >= 4 is 16.9 Å². The van der Waals surface area contributed by atoms with Crippen molar-refractivity contribution in [2.45, 2.75) is 77.0 Å². The second-order valence-electron chi connectivity index (χ2n) is 9.57. The van der Waals surface area contributed by atoms with Crippen LogP contribution in [0.25, 0.3) is 22.2 Å². The van der Waals surface area contributed by atoms with E-state index in [-0.39, 0.29) is 41.5 Å². The van der Waals surface area contributed by atoms with Crippen molar-refractivity contribution in [2.75, 3.05) is 0 Å². The number of halogens is 1. The van der Waals surface area contributed by atoms with Crippen LogP contribution < -0.4 is 10.9 Å². The van der Waals surface area contributed by atoms with Gasteiger partial charge in [-0.25, -0.2) is 9.18 Å². The monoisotopic (exact) mass is 451 g/mol. The molecule has 2 N–H and O–H groups in total. The van der Waals surface area contributed by atoms with E-state index in [0.717, 1.165) is 31.2 Å². The molecule has 2 saturated heterocycles. The lowest BCUT2D eigenvalue weighted by Crippen LogP contribution is -2.52. The topological polar surface area (TPSA) is 83.0 Å². The van der Waals surface area contributed by atoms with Crippen molar-refractivity contribution in [1.82, 2.24) is 25.0 Å². The second-order valence-corrected chi connectivity index (χ2v) is 9.57. The molecule has 0 radical (unpaired) electrons. The number of hydrogen-bond acceptors (Lipinski definition) is 3. The molecule has 33 heavy (non-hydrogen) atoms. The minimum absolute atomic E-state index is 0.00365. The van der Waals surface area contributed by atoms with Gasteiger partial charge in [-0.15, -0.1) is 0 Å². The fraction of sp³-hybridized carbons (Fsp3) is 0.480. The molecule has 174 valence electrons. The minimum atomic E-state index is -0.351. The zero-order valence-electron chi connectivity index (χ0n) is 19.3. The van der Waals surface area contributed by atoms with E-state index in [0.29, 0.717) is 28.7 Å². The highest BCUT2D eigenvalue weighted by Crippen LogP contribution is 2.42. The molecule has 2 aliphatic heterocycles. The van der Waals surface area contributed by atoms with Gasteiger partial charge >= 0.3 is 6.03 Å². The summed E-state index contributed by atoms with van der Waals surface area (Å²) in [5.41, 5.74) is 2.53. The Kier molecular flexibility index (Phi) is 5.46. The molecule has 0 aliphatic carbocycles. The van der Waals surface area contributed by atoms with E-state index < -0.39 is 0 Å². The Hall–Kier alpha value is -3.16. The number of piperidine rings is 1. The fourth-order valence-corrected chi connectivity index (χ4v) is 5.60. The van der Waals surface area contributed by atoms with Gasteiger partial charge in [0.2, 0.25) is 0 Å². The highest BCUT2D eigenvalue weighted by atomic mass is 19.1. The lowest BCUT2D eigenvalue weighted by Gasteiger charge is -2.39. The van der Waals surface area contributed by atoms with Crippen LogP contribution in [0.4, 0.5) is 9.18 Å². The van der Waals surface area contributed by atoms with Gasteiger partial charge in [-0.1, -0.05) is 6.07 Å². The third-order valence-corrected chi connectivity index (χ3v) is 7.08. The van der Waals surface area contributed by atoms with Crippen LogP contribution in [0.3, 0.4) is 0 Å². The summed E-state index contributed by atoms with van der Waals surface area (Å²) in [5.74, 6) is -0.236. The highest BCUT2D eigenvalue weighted by molar-refractivity contribution is 5.84. The number of amides is 2. The normalized spacial score (nSPS) is 22.3. The molecule has 4 heterocycles. The number of aryl methyl sites for hydroxylation is 1. The average Bonchev–Trinajstić information content (AvgIpc) is 3.31. The van der Waals surface area contributed by atoms with Crippen molar-refractivity contribution < 1.29 is 9.18 Å². The van der Waals surface area contributed by atoms with Crippen LogP contribution in [0, 0.1) is 5.82 Å². The Balaban J connectivity index is 1.40. The van der Waals surface area contributed by atoms with Gasteiger partial charge in [-0.05, 0) is 70.6 Å². The number of carbonyl (C=O) groups excluding carboxylic acids is 1. The van der Waals surface area contributed by atoms with Crippen LogP contribution in [-0.4, -0.2) is 43.8 Å². The number of urea groups is 1. The predicted octanol–water partition coefficient (Wildman–Crippen LogP) is 4.38. The average molecular weight is 452 g/mol. The summed E-state index contributed by atoms with van der Waals surface area (Å²) in [6, 6.07) is 7.49. The number of rotatable bonds is 4. The first kappa shape index (κ1) is 21.7. The summed E-state index contributed by atoms with van der Waals surface area (Å²) in [4.78, 5) is 30.7. The first-order valence-corrected chi connectivity index (χ1v) is 11.8. The van der Waals surface area contributed by atoms with E-state index in [2.05, 4.69) is 15.4 Å². The molecular weight excluding hydrogens is 421 g/mol. The van der Waals surface area contributed by atoms with E-state index in [9.17, 15) is 14.0 Å². The summed E-state index contributed by atoms with van der Waals surface area (Å²) in [7, 11) is 0. The quantitative estimate of drug-likeness (QED) is 0.618. The maximum Gasteiger partial charge on any atom is 0.318 e. The van der Waals surface area contributed by atoms with Crippen molar-refractivity contribution in [2.24, 2.45) is 0 Å². The van der Waals surface area contributed by atoms with E-state index in [1.807, 2.05) is 43.9 Å². The maximum atomic E-state index is 14.6. The first-order chi connectivity index (χ1) is 15.9. The third kappa shape index (κ3) is 3.81. The van der Waals surface area contributed by atoms with Crippen molar-refractivity contribution in [3.63, 3.8) is 0 Å². The summed E-state index contributed by atoms with van der Waals surface area (Å²) in [6.07, 6.45) is 5.08. The molecule has 3 aromatic rings. The van der Waals surface area contributed by atoms with Crippen molar-refractivity contribution in [3.05, 3.63) is 52.2 Å². The van der Waals surface area contributed by atoms with Crippen LogP contribution >= 0.6 is 0 Å². The SMILES string of the molecule is CCn1ncc2c(F)cc(-c3ccc(C4CC5CCC(C4)N5C(=O)NC(C)C)c(=O)[nH]3)cc21. The van der Waals surface area contributed by atoms with E-state index in [1.54, 1.807) is 4.68 Å². The number of pyridine rings is 1. The van der Waals surface area contributed by atoms with E-state index in [4.69, 9.17) is 0 Å². The second kappa shape index (κ2) is 8.32. The number of benzene rings is 1. The number of carbonyl (C=O) groups is 1. The fourth-order valence-electron chi connectivity index (χ4n) is 5.60. The molecule has 2 unspecified atom stereocenters. The number of hydrogen-bond donors (Lipinski definition) is 2. The van der Waals surface area contributed by atoms with Crippen LogP contribution in [0.1, 0.15) is 57.9 Å². The number of aromatic nitrogens is 3. The van der Waals surface area contributed by atoms with Gasteiger partial charge in [0.05, 0.1) is 17.1 Å². The Labute approximate surface area is 192 Å². The molecule has 5 rings (SSSR count). The first-order valence-electron chi connectivity index (χ1n) is 11.8. The van der Waals surface area contributed by atoms with Gasteiger partial charge in [0, 0.05) is 41.5 Å². The summed E-state index contributed by atoms with van der Waals surface area (Å²) < 4.78 is 16.4. The Morgan fingerprint density at radius 1 is 1.24 bits per heavy atom. The smallest absolute Gasteiger partial charge is 0.318 e. The lowest BCUT2D eigenvalue weighted by molar-refractivity contribution is 0.136. The van der Waals surface area contributed by atoms with Gasteiger partial charge in [0.25, 0.3) is 5.56 Å². The number of nitrogens with one attached hydrogen (secondary N) is 2. The molecule has 2 bridgehead atoms. The molecule has 2 atom stereocenters. The molecule has 2 amide bonds. The Bertz CT molecular complexity index is 1250. The zero-order chi connectivity index (χ0) is 23.3. The Morgan fingerprint density at radius 3 is 2.61 bits per heavy atom. The summed E-state index contributed by atoms with van der Waals surface area (Å²) >= 11 is 0. The van der Waals surface area contributed by atoms with E-state index >= 15 is 0 Å². The third-order valence-electron chi connectivity index (χ3n) is 7.08. The van der Waals surface area contributed by atoms with Crippen molar-refractivity contribution in [1.29, 1.82) is 0 Å². The van der Waals surface area contributed by atoms with Gasteiger partial charge < -0.3 is 15.2 Å². The van der Waals surface area contributed by atoms with Crippen LogP contribution in [-0.2, 0) is 6.54 Å². The lowest BCUT2D eigenvalue weighted by atomic mass is 9.85. The van der Waals surface area contributed by atoms with Crippen LogP contribution in [0.5, 0.6) is 0 Å². The number of H-pyrrole nitrogens is 1. The minimum Gasteiger partial charge on any atom is -0.336 e. The number of nitrogens with zero attached hydrogens (tertiary/aromatic N) is 3. The Morgan fingerprint density at radius 2 is 1.97 bits per heavy atom. The zero-order valence-corrected chi connectivity index (χ0v) is 19.3. The molecule has 2 aliphatic rings. The summed E-state index contributed by atoms with van der Waals surface area (Å²) in [6.45, 7) is 6.53. The van der Waals surface area contributed by atoms with Gasteiger partial charge in [-0.3, -0.25) is 9.48 Å². The van der Waals surface area contributed by atoms with Crippen LogP contribution in [0.2, 0.25) is 0 Å². The molecule has 1 aromatic carbocycles. The molecule has 7 nitrogen and oxygen atoms in total. The van der Waals surface area contributed by atoms with Gasteiger partial charge in [0.1, 0.15) is 5.82 Å². The summed E-state index contributed by atoms with van der Waals surface area (Å²) in [5, 5.41) is 7.71. The highest BCUT2D eigenvalue weighted by Gasteiger charge is 2.44.